The standard InChI is InChI=1S/C11H10O3/c1-3-11(12)14-8-9-4-6-10(13-2)7-5-9/h1,4-7H,8H2,2H3. The van der Waals surface area contributed by atoms with Gasteiger partial charge in [0.1, 0.15) is 12.4 Å². The van der Waals surface area contributed by atoms with E-state index in [9.17, 15) is 4.79 Å². The topological polar surface area (TPSA) is 35.5 Å². The molecule has 1 rings (SSSR count). The lowest BCUT2D eigenvalue weighted by molar-refractivity contribution is -0.137. The first-order chi connectivity index (χ1) is 6.76. The summed E-state index contributed by atoms with van der Waals surface area (Å²) in [7, 11) is 1.59. The number of rotatable bonds is 3. The number of ether oxygens (including phenoxy) is 2. The maximum absolute atomic E-state index is 10.6. The molecule has 0 radical (unpaired) electrons. The molecular weight excluding hydrogens is 180 g/mol. The molecule has 0 N–H and O–H groups in total. The highest BCUT2D eigenvalue weighted by molar-refractivity contribution is 5.87. The van der Waals surface area contributed by atoms with Crippen LogP contribution in [-0.4, -0.2) is 13.1 Å². The summed E-state index contributed by atoms with van der Waals surface area (Å²) in [6, 6.07) is 7.20. The van der Waals surface area contributed by atoms with Crippen molar-refractivity contribution < 1.29 is 14.3 Å². The molecule has 0 fully saturated rings. The van der Waals surface area contributed by atoms with Gasteiger partial charge in [-0.3, -0.25) is 0 Å². The minimum absolute atomic E-state index is 0.188. The lowest BCUT2D eigenvalue weighted by atomic mass is 10.2. The Balaban J connectivity index is 2.53. The van der Waals surface area contributed by atoms with E-state index < -0.39 is 5.97 Å². The molecule has 0 spiro atoms. The Morgan fingerprint density at radius 3 is 2.57 bits per heavy atom. The summed E-state index contributed by atoms with van der Waals surface area (Å²) in [5.74, 6) is 1.98. The molecular formula is C11H10O3. The third-order valence-corrected chi connectivity index (χ3v) is 1.65. The van der Waals surface area contributed by atoms with Crippen LogP contribution in [0, 0.1) is 12.3 Å². The predicted octanol–water partition coefficient (Wildman–Crippen LogP) is 1.37. The highest BCUT2D eigenvalue weighted by atomic mass is 16.5. The van der Waals surface area contributed by atoms with Crippen LogP contribution in [0.2, 0.25) is 0 Å². The zero-order chi connectivity index (χ0) is 10.4. The summed E-state index contributed by atoms with van der Waals surface area (Å²) in [6.45, 7) is 0.188. The molecule has 1 aromatic carbocycles. The highest BCUT2D eigenvalue weighted by Gasteiger charge is 1.98. The molecule has 0 saturated heterocycles. The van der Waals surface area contributed by atoms with Crippen molar-refractivity contribution in [3.05, 3.63) is 29.8 Å². The molecule has 0 aliphatic heterocycles. The molecule has 3 heteroatoms. The van der Waals surface area contributed by atoms with Gasteiger partial charge in [0.15, 0.2) is 0 Å². The molecule has 72 valence electrons. The van der Waals surface area contributed by atoms with E-state index in [2.05, 4.69) is 0 Å². The molecule has 0 saturated carbocycles. The Bertz CT molecular complexity index is 346. The summed E-state index contributed by atoms with van der Waals surface area (Å²) in [6.07, 6.45) is 4.84. The number of hydrogen-bond donors (Lipinski definition) is 0. The van der Waals surface area contributed by atoms with Crippen LogP contribution in [-0.2, 0) is 16.1 Å². The Morgan fingerprint density at radius 2 is 2.07 bits per heavy atom. The number of terminal acetylenes is 1. The first-order valence-electron chi connectivity index (χ1n) is 4.02. The van der Waals surface area contributed by atoms with Crippen LogP contribution in [0.15, 0.2) is 24.3 Å². The molecule has 1 aromatic rings. The summed E-state index contributed by atoms with van der Waals surface area (Å²) < 4.78 is 9.71. The van der Waals surface area contributed by atoms with Crippen LogP contribution < -0.4 is 4.74 Å². The lowest BCUT2D eigenvalue weighted by Gasteiger charge is -2.02. The smallest absolute Gasteiger partial charge is 0.384 e. The van der Waals surface area contributed by atoms with E-state index in [1.54, 1.807) is 19.2 Å². The number of methoxy groups -OCH3 is 1. The molecule has 0 bridgehead atoms. The summed E-state index contributed by atoms with van der Waals surface area (Å²) in [5, 5.41) is 0. The highest BCUT2D eigenvalue weighted by Crippen LogP contribution is 2.11. The molecule has 3 nitrogen and oxygen atoms in total. The van der Waals surface area contributed by atoms with Gasteiger partial charge in [-0.2, -0.15) is 0 Å². The van der Waals surface area contributed by atoms with Gasteiger partial charge in [0.25, 0.3) is 0 Å². The van der Waals surface area contributed by atoms with Crippen LogP contribution in [0.4, 0.5) is 0 Å². The second-order valence-electron chi connectivity index (χ2n) is 2.57. The fraction of sp³-hybridized carbons (Fsp3) is 0.182. The zero-order valence-corrected chi connectivity index (χ0v) is 7.82. The van der Waals surface area contributed by atoms with Crippen molar-refractivity contribution >= 4 is 5.97 Å². The van der Waals surface area contributed by atoms with Crippen molar-refractivity contribution in [3.63, 3.8) is 0 Å². The van der Waals surface area contributed by atoms with Crippen molar-refractivity contribution in [2.45, 2.75) is 6.61 Å². The van der Waals surface area contributed by atoms with Gasteiger partial charge < -0.3 is 9.47 Å². The largest absolute Gasteiger partial charge is 0.497 e. The van der Waals surface area contributed by atoms with Gasteiger partial charge in [-0.15, -0.1) is 6.42 Å². The van der Waals surface area contributed by atoms with E-state index >= 15 is 0 Å². The second-order valence-corrected chi connectivity index (χ2v) is 2.57. The molecule has 0 aliphatic rings. The average Bonchev–Trinajstić information content (AvgIpc) is 2.26. The first kappa shape index (κ1) is 10.1. The number of carbonyl (C=O) groups is 1. The van der Waals surface area contributed by atoms with Crippen LogP contribution in [0.1, 0.15) is 5.56 Å². The van der Waals surface area contributed by atoms with Gasteiger partial charge in [0.2, 0.25) is 0 Å². The number of carbonyl (C=O) groups excluding carboxylic acids is 1. The summed E-state index contributed by atoms with van der Waals surface area (Å²) >= 11 is 0. The fourth-order valence-corrected chi connectivity index (χ4v) is 0.912. The number of benzene rings is 1. The summed E-state index contributed by atoms with van der Waals surface area (Å²) in [4.78, 5) is 10.6. The van der Waals surface area contributed by atoms with E-state index in [4.69, 9.17) is 15.9 Å². The zero-order valence-electron chi connectivity index (χ0n) is 7.82. The van der Waals surface area contributed by atoms with Crippen molar-refractivity contribution in [3.8, 4) is 18.1 Å². The normalized spacial score (nSPS) is 8.86. The van der Waals surface area contributed by atoms with Crippen molar-refractivity contribution in [1.29, 1.82) is 0 Å². The SMILES string of the molecule is C#CC(=O)OCc1ccc(OC)cc1. The summed E-state index contributed by atoms with van der Waals surface area (Å²) in [5.41, 5.74) is 0.870. The molecule has 0 aromatic heterocycles. The van der Waals surface area contributed by atoms with Gasteiger partial charge in [-0.1, -0.05) is 12.1 Å². The molecule has 0 aliphatic carbocycles. The molecule has 0 atom stereocenters. The third-order valence-electron chi connectivity index (χ3n) is 1.65. The van der Waals surface area contributed by atoms with E-state index in [1.807, 2.05) is 18.1 Å². The quantitative estimate of drug-likeness (QED) is 0.410. The molecule has 0 unspecified atom stereocenters. The van der Waals surface area contributed by atoms with Gasteiger partial charge in [-0.25, -0.2) is 4.79 Å². The van der Waals surface area contributed by atoms with Gasteiger partial charge >= 0.3 is 5.97 Å². The monoisotopic (exact) mass is 190 g/mol. The van der Waals surface area contributed by atoms with Crippen LogP contribution in [0.3, 0.4) is 0 Å². The van der Waals surface area contributed by atoms with Crippen molar-refractivity contribution in [2.24, 2.45) is 0 Å². The first-order valence-corrected chi connectivity index (χ1v) is 4.02. The van der Waals surface area contributed by atoms with Crippen LogP contribution in [0.25, 0.3) is 0 Å². The molecule has 14 heavy (non-hydrogen) atoms. The third kappa shape index (κ3) is 2.83. The number of hydrogen-bond acceptors (Lipinski definition) is 3. The van der Waals surface area contributed by atoms with E-state index in [0.29, 0.717) is 0 Å². The number of esters is 1. The fourth-order valence-electron chi connectivity index (χ4n) is 0.912. The molecule has 0 amide bonds. The maximum atomic E-state index is 10.6. The lowest BCUT2D eigenvalue weighted by Crippen LogP contribution is -2.00. The van der Waals surface area contributed by atoms with Crippen molar-refractivity contribution in [1.82, 2.24) is 0 Å². The minimum atomic E-state index is -0.652. The van der Waals surface area contributed by atoms with Crippen molar-refractivity contribution in [2.75, 3.05) is 7.11 Å². The van der Waals surface area contributed by atoms with Crippen LogP contribution in [0.5, 0.6) is 5.75 Å². The van der Waals surface area contributed by atoms with E-state index in [0.717, 1.165) is 11.3 Å². The van der Waals surface area contributed by atoms with E-state index in [1.165, 1.54) is 0 Å². The second kappa shape index (κ2) is 4.93. The predicted molar refractivity (Wildman–Crippen MR) is 51.6 cm³/mol. The Kier molecular flexibility index (Phi) is 3.57. The minimum Gasteiger partial charge on any atom is -0.497 e. The Morgan fingerprint density at radius 1 is 1.43 bits per heavy atom. The van der Waals surface area contributed by atoms with Gasteiger partial charge in [0, 0.05) is 5.92 Å². The van der Waals surface area contributed by atoms with E-state index in [-0.39, 0.29) is 6.61 Å². The average molecular weight is 190 g/mol. The Hall–Kier alpha value is -1.95. The molecule has 0 heterocycles. The Labute approximate surface area is 82.6 Å². The van der Waals surface area contributed by atoms with Gasteiger partial charge in [0.05, 0.1) is 7.11 Å². The maximum Gasteiger partial charge on any atom is 0.384 e. The van der Waals surface area contributed by atoms with Gasteiger partial charge in [-0.05, 0) is 17.7 Å². The van der Waals surface area contributed by atoms with Crippen LogP contribution >= 0.6 is 0 Å².